The van der Waals surface area contributed by atoms with E-state index in [0.29, 0.717) is 17.8 Å². The van der Waals surface area contributed by atoms with Crippen LogP contribution in [0.5, 0.6) is 0 Å². The van der Waals surface area contributed by atoms with Crippen molar-refractivity contribution in [2.24, 2.45) is 17.6 Å². The quantitative estimate of drug-likeness (QED) is 0.855. The van der Waals surface area contributed by atoms with E-state index in [2.05, 4.69) is 24.0 Å². The molecule has 0 radical (unpaired) electrons. The van der Waals surface area contributed by atoms with Gasteiger partial charge in [-0.15, -0.1) is 0 Å². The van der Waals surface area contributed by atoms with Crippen LogP contribution in [0.3, 0.4) is 0 Å². The van der Waals surface area contributed by atoms with Crippen LogP contribution < -0.4 is 5.73 Å². The van der Waals surface area contributed by atoms with Crippen LogP contribution in [-0.4, -0.2) is 10.1 Å². The Bertz CT molecular complexity index is 401. The molecule has 17 heavy (non-hydrogen) atoms. The minimum atomic E-state index is -0.367. The normalized spacial score (nSPS) is 38.3. The van der Waals surface area contributed by atoms with Crippen LogP contribution in [0, 0.1) is 11.8 Å². The predicted octanol–water partition coefficient (Wildman–Crippen LogP) is 2.56. The second kappa shape index (κ2) is 3.80. The SMILES string of the molecule is CC1CC(C)CC(N)(c2noc(C3CC3)n2)C1. The standard InChI is InChI=1S/C13H21N3O/c1-8-5-9(2)7-13(14,6-8)12-15-11(17-16-12)10-3-4-10/h8-10H,3-7,14H2,1-2H3. The molecule has 1 heterocycles. The Hall–Kier alpha value is -0.900. The fraction of sp³-hybridized carbons (Fsp3) is 0.846. The lowest BCUT2D eigenvalue weighted by Gasteiger charge is -2.37. The molecule has 1 aromatic rings. The van der Waals surface area contributed by atoms with Gasteiger partial charge in [0.1, 0.15) is 0 Å². The van der Waals surface area contributed by atoms with E-state index in [9.17, 15) is 0 Å². The van der Waals surface area contributed by atoms with Crippen molar-refractivity contribution in [1.29, 1.82) is 0 Å². The van der Waals surface area contributed by atoms with Crippen LogP contribution in [-0.2, 0) is 5.54 Å². The van der Waals surface area contributed by atoms with Crippen molar-refractivity contribution in [2.45, 2.75) is 57.4 Å². The molecule has 4 nitrogen and oxygen atoms in total. The third kappa shape index (κ3) is 2.10. The molecular formula is C13H21N3O. The average Bonchev–Trinajstić information content (AvgIpc) is 2.93. The lowest BCUT2D eigenvalue weighted by atomic mass is 9.72. The molecule has 4 heteroatoms. The zero-order valence-corrected chi connectivity index (χ0v) is 10.6. The second-order valence-electron chi connectivity index (χ2n) is 6.24. The third-order valence-corrected chi connectivity index (χ3v) is 4.04. The summed E-state index contributed by atoms with van der Waals surface area (Å²) in [7, 11) is 0. The van der Waals surface area contributed by atoms with Gasteiger partial charge in [0, 0.05) is 5.92 Å². The topological polar surface area (TPSA) is 64.9 Å². The Morgan fingerprint density at radius 2 is 1.88 bits per heavy atom. The van der Waals surface area contributed by atoms with Crippen molar-refractivity contribution in [2.75, 3.05) is 0 Å². The fourth-order valence-corrected chi connectivity index (χ4v) is 3.30. The minimum absolute atomic E-state index is 0.367. The summed E-state index contributed by atoms with van der Waals surface area (Å²) in [4.78, 5) is 4.53. The van der Waals surface area contributed by atoms with Gasteiger partial charge in [-0.2, -0.15) is 4.98 Å². The maximum Gasteiger partial charge on any atom is 0.229 e. The van der Waals surface area contributed by atoms with Gasteiger partial charge in [0.05, 0.1) is 5.54 Å². The molecule has 3 rings (SSSR count). The van der Waals surface area contributed by atoms with E-state index < -0.39 is 0 Å². The molecule has 1 aromatic heterocycles. The predicted molar refractivity (Wildman–Crippen MR) is 64.3 cm³/mol. The largest absolute Gasteiger partial charge is 0.339 e. The van der Waals surface area contributed by atoms with E-state index in [4.69, 9.17) is 10.3 Å². The Morgan fingerprint density at radius 1 is 1.24 bits per heavy atom. The van der Waals surface area contributed by atoms with E-state index in [1.807, 2.05) is 0 Å². The number of hydrogen-bond acceptors (Lipinski definition) is 4. The van der Waals surface area contributed by atoms with Gasteiger partial charge >= 0.3 is 0 Å². The third-order valence-electron chi connectivity index (χ3n) is 4.04. The molecule has 0 saturated heterocycles. The van der Waals surface area contributed by atoms with Crippen molar-refractivity contribution >= 4 is 0 Å². The Labute approximate surface area is 102 Å². The van der Waals surface area contributed by atoms with Crippen LogP contribution in [0.2, 0.25) is 0 Å². The second-order valence-corrected chi connectivity index (χ2v) is 6.24. The smallest absolute Gasteiger partial charge is 0.229 e. The van der Waals surface area contributed by atoms with Crippen molar-refractivity contribution in [3.05, 3.63) is 11.7 Å². The van der Waals surface area contributed by atoms with E-state index in [0.717, 1.165) is 24.6 Å². The molecule has 94 valence electrons. The molecule has 2 atom stereocenters. The van der Waals surface area contributed by atoms with Crippen LogP contribution in [0.1, 0.15) is 63.6 Å². The van der Waals surface area contributed by atoms with Crippen molar-refractivity contribution in [3.63, 3.8) is 0 Å². The van der Waals surface area contributed by atoms with Crippen LogP contribution >= 0.6 is 0 Å². The summed E-state index contributed by atoms with van der Waals surface area (Å²) >= 11 is 0. The maximum absolute atomic E-state index is 6.51. The van der Waals surface area contributed by atoms with Gasteiger partial charge in [-0.1, -0.05) is 19.0 Å². The van der Waals surface area contributed by atoms with Gasteiger partial charge in [0.15, 0.2) is 5.82 Å². The van der Waals surface area contributed by atoms with Crippen molar-refractivity contribution in [3.8, 4) is 0 Å². The molecule has 2 unspecified atom stereocenters. The van der Waals surface area contributed by atoms with Crippen molar-refractivity contribution < 1.29 is 4.52 Å². The van der Waals surface area contributed by atoms with Gasteiger partial charge < -0.3 is 10.3 Å². The summed E-state index contributed by atoms with van der Waals surface area (Å²) in [5.74, 6) is 3.34. The zero-order valence-electron chi connectivity index (χ0n) is 10.6. The molecule has 2 aliphatic carbocycles. The van der Waals surface area contributed by atoms with E-state index in [1.54, 1.807) is 0 Å². The molecule has 0 aromatic carbocycles. The van der Waals surface area contributed by atoms with Crippen LogP contribution in [0.4, 0.5) is 0 Å². The fourth-order valence-electron chi connectivity index (χ4n) is 3.30. The van der Waals surface area contributed by atoms with E-state index in [-0.39, 0.29) is 5.54 Å². The monoisotopic (exact) mass is 235 g/mol. The van der Waals surface area contributed by atoms with Crippen LogP contribution in [0.15, 0.2) is 4.52 Å². The molecule has 2 aliphatic rings. The molecule has 0 aliphatic heterocycles. The molecule has 2 N–H and O–H groups in total. The van der Waals surface area contributed by atoms with Gasteiger partial charge in [0.2, 0.25) is 5.89 Å². The highest BCUT2D eigenvalue weighted by molar-refractivity contribution is 5.10. The molecule has 0 spiro atoms. The Balaban J connectivity index is 1.84. The van der Waals surface area contributed by atoms with E-state index in [1.165, 1.54) is 19.3 Å². The Morgan fingerprint density at radius 3 is 2.47 bits per heavy atom. The zero-order chi connectivity index (χ0) is 12.0. The number of nitrogens with zero attached hydrogens (tertiary/aromatic N) is 2. The molecule has 2 fully saturated rings. The highest BCUT2D eigenvalue weighted by atomic mass is 16.5. The first-order valence-electron chi connectivity index (χ1n) is 6.70. The summed E-state index contributed by atoms with van der Waals surface area (Å²) in [6.07, 6.45) is 5.58. The number of rotatable bonds is 2. The summed E-state index contributed by atoms with van der Waals surface area (Å²) in [6, 6.07) is 0. The van der Waals surface area contributed by atoms with Gasteiger partial charge in [-0.25, -0.2) is 0 Å². The lowest BCUT2D eigenvalue weighted by molar-refractivity contribution is 0.171. The highest BCUT2D eigenvalue weighted by Gasteiger charge is 2.41. The van der Waals surface area contributed by atoms with Crippen LogP contribution in [0.25, 0.3) is 0 Å². The summed E-state index contributed by atoms with van der Waals surface area (Å²) < 4.78 is 5.34. The summed E-state index contributed by atoms with van der Waals surface area (Å²) in [6.45, 7) is 4.53. The first-order chi connectivity index (χ1) is 8.07. The molecule has 0 amide bonds. The number of hydrogen-bond donors (Lipinski definition) is 1. The van der Waals surface area contributed by atoms with Gasteiger partial charge in [0.25, 0.3) is 0 Å². The summed E-state index contributed by atoms with van der Waals surface area (Å²) in [5.41, 5.74) is 6.14. The number of aromatic nitrogens is 2. The first kappa shape index (κ1) is 11.2. The minimum Gasteiger partial charge on any atom is -0.339 e. The molecule has 2 saturated carbocycles. The highest BCUT2D eigenvalue weighted by Crippen LogP contribution is 2.42. The lowest BCUT2D eigenvalue weighted by Crippen LogP contribution is -2.44. The average molecular weight is 235 g/mol. The number of nitrogens with two attached hydrogens (primary N) is 1. The van der Waals surface area contributed by atoms with Gasteiger partial charge in [-0.05, 0) is 43.9 Å². The van der Waals surface area contributed by atoms with Crippen molar-refractivity contribution in [1.82, 2.24) is 10.1 Å². The van der Waals surface area contributed by atoms with E-state index >= 15 is 0 Å². The first-order valence-corrected chi connectivity index (χ1v) is 6.70. The van der Waals surface area contributed by atoms with Gasteiger partial charge in [-0.3, -0.25) is 0 Å². The maximum atomic E-state index is 6.51. The molecule has 0 bridgehead atoms. The summed E-state index contributed by atoms with van der Waals surface area (Å²) in [5, 5.41) is 4.13. The Kier molecular flexibility index (Phi) is 2.51. The molecular weight excluding hydrogens is 214 g/mol.